The number of carbonyl (C=O) groups is 1. The quantitative estimate of drug-likeness (QED) is 0.576. The van der Waals surface area contributed by atoms with E-state index in [1.165, 1.54) is 11.3 Å². The molecule has 2 rings (SSSR count). The Morgan fingerprint density at radius 2 is 2.54 bits per heavy atom. The first-order chi connectivity index (χ1) is 6.36. The lowest BCUT2D eigenvalue weighted by Crippen LogP contribution is -2.05. The standard InChI is InChI=1S/C10H11NOS/c12-9(10-4-2-6-13-10)7-8-3-1-5-11-8/h2,4,6-7,11H,1,3,5H2. The second-order valence-corrected chi connectivity index (χ2v) is 3.99. The van der Waals surface area contributed by atoms with Crippen LogP contribution in [0, 0.1) is 0 Å². The Hall–Kier alpha value is -1.09. The second-order valence-electron chi connectivity index (χ2n) is 3.04. The predicted molar refractivity (Wildman–Crippen MR) is 54.0 cm³/mol. The van der Waals surface area contributed by atoms with Crippen LogP contribution in [0.5, 0.6) is 0 Å². The summed E-state index contributed by atoms with van der Waals surface area (Å²) in [5.74, 6) is 0.124. The normalized spacial score (nSPS) is 18.9. The van der Waals surface area contributed by atoms with Crippen LogP contribution in [0.15, 0.2) is 29.3 Å². The number of ketones is 1. The highest BCUT2D eigenvalue weighted by Crippen LogP contribution is 2.14. The predicted octanol–water partition coefficient (Wildman–Crippen LogP) is 2.20. The molecule has 0 radical (unpaired) electrons. The molecule has 1 N–H and O–H groups in total. The van der Waals surface area contributed by atoms with Gasteiger partial charge in [0.05, 0.1) is 4.88 Å². The molecule has 1 saturated heterocycles. The van der Waals surface area contributed by atoms with Gasteiger partial charge in [-0.2, -0.15) is 0 Å². The largest absolute Gasteiger partial charge is 0.388 e. The summed E-state index contributed by atoms with van der Waals surface area (Å²) >= 11 is 1.49. The molecule has 68 valence electrons. The van der Waals surface area contributed by atoms with E-state index in [4.69, 9.17) is 0 Å². The summed E-state index contributed by atoms with van der Waals surface area (Å²) in [6.45, 7) is 1.00. The third kappa shape index (κ3) is 1.98. The zero-order valence-electron chi connectivity index (χ0n) is 7.25. The molecule has 1 aromatic heterocycles. The van der Waals surface area contributed by atoms with Gasteiger partial charge in [0, 0.05) is 18.3 Å². The molecule has 0 amide bonds. The first-order valence-corrected chi connectivity index (χ1v) is 5.26. The zero-order valence-corrected chi connectivity index (χ0v) is 8.06. The highest BCUT2D eigenvalue weighted by molar-refractivity contribution is 7.12. The van der Waals surface area contributed by atoms with E-state index in [0.717, 1.165) is 30.0 Å². The highest BCUT2D eigenvalue weighted by Gasteiger charge is 2.09. The fourth-order valence-corrected chi connectivity index (χ4v) is 2.02. The number of allylic oxidation sites excluding steroid dienone is 2. The summed E-state index contributed by atoms with van der Waals surface area (Å²) in [4.78, 5) is 12.4. The summed E-state index contributed by atoms with van der Waals surface area (Å²) in [6, 6.07) is 3.76. The number of nitrogens with one attached hydrogen (secondary N) is 1. The molecule has 2 heterocycles. The topological polar surface area (TPSA) is 29.1 Å². The van der Waals surface area contributed by atoms with Crippen LogP contribution in [-0.4, -0.2) is 12.3 Å². The smallest absolute Gasteiger partial charge is 0.197 e. The summed E-state index contributed by atoms with van der Waals surface area (Å²) in [5, 5.41) is 5.12. The van der Waals surface area contributed by atoms with Gasteiger partial charge in [0.15, 0.2) is 5.78 Å². The SMILES string of the molecule is O=C(C=C1CCCN1)c1cccs1. The minimum atomic E-state index is 0.124. The molecule has 0 spiro atoms. The van der Waals surface area contributed by atoms with Crippen molar-refractivity contribution in [3.63, 3.8) is 0 Å². The van der Waals surface area contributed by atoms with Gasteiger partial charge in [-0.05, 0) is 24.3 Å². The van der Waals surface area contributed by atoms with Crippen molar-refractivity contribution in [1.82, 2.24) is 5.32 Å². The van der Waals surface area contributed by atoms with Gasteiger partial charge in [-0.25, -0.2) is 0 Å². The van der Waals surface area contributed by atoms with Gasteiger partial charge in [-0.1, -0.05) is 6.07 Å². The number of carbonyl (C=O) groups excluding carboxylic acids is 1. The van der Waals surface area contributed by atoms with Crippen molar-refractivity contribution in [3.8, 4) is 0 Å². The fourth-order valence-electron chi connectivity index (χ4n) is 1.39. The van der Waals surface area contributed by atoms with Gasteiger partial charge >= 0.3 is 0 Å². The van der Waals surface area contributed by atoms with Crippen molar-refractivity contribution in [2.24, 2.45) is 0 Å². The van der Waals surface area contributed by atoms with E-state index in [-0.39, 0.29) is 5.78 Å². The molecule has 1 aromatic rings. The van der Waals surface area contributed by atoms with Crippen LogP contribution in [0.2, 0.25) is 0 Å². The number of rotatable bonds is 2. The molecule has 1 aliphatic rings. The molecule has 0 aromatic carbocycles. The van der Waals surface area contributed by atoms with Crippen molar-refractivity contribution in [1.29, 1.82) is 0 Å². The minimum absolute atomic E-state index is 0.124. The molecule has 0 saturated carbocycles. The molecule has 13 heavy (non-hydrogen) atoms. The molecule has 0 bridgehead atoms. The number of hydrogen-bond acceptors (Lipinski definition) is 3. The van der Waals surface area contributed by atoms with Gasteiger partial charge in [-0.3, -0.25) is 4.79 Å². The number of thiophene rings is 1. The summed E-state index contributed by atoms with van der Waals surface area (Å²) < 4.78 is 0. The molecule has 0 aliphatic carbocycles. The molecule has 0 unspecified atom stereocenters. The van der Waals surface area contributed by atoms with E-state index >= 15 is 0 Å². The highest BCUT2D eigenvalue weighted by atomic mass is 32.1. The summed E-state index contributed by atoms with van der Waals surface area (Å²) in [5.41, 5.74) is 1.08. The lowest BCUT2D eigenvalue weighted by molar-refractivity contribution is 0.104. The van der Waals surface area contributed by atoms with Crippen LogP contribution in [-0.2, 0) is 0 Å². The minimum Gasteiger partial charge on any atom is -0.388 e. The van der Waals surface area contributed by atoms with E-state index in [1.807, 2.05) is 17.5 Å². The van der Waals surface area contributed by atoms with E-state index < -0.39 is 0 Å². The lowest BCUT2D eigenvalue weighted by atomic mass is 10.2. The molecule has 3 heteroatoms. The maximum absolute atomic E-state index is 11.6. The lowest BCUT2D eigenvalue weighted by Gasteiger charge is -1.95. The van der Waals surface area contributed by atoms with Crippen LogP contribution < -0.4 is 5.32 Å². The van der Waals surface area contributed by atoms with Crippen LogP contribution >= 0.6 is 11.3 Å². The maximum atomic E-state index is 11.6. The Bertz CT molecular complexity index is 319. The first kappa shape index (κ1) is 8.51. The Balaban J connectivity index is 2.10. The van der Waals surface area contributed by atoms with Crippen molar-refractivity contribution in [2.75, 3.05) is 6.54 Å². The van der Waals surface area contributed by atoms with Gasteiger partial charge in [0.2, 0.25) is 0 Å². The Kier molecular flexibility index (Phi) is 2.45. The molecular formula is C10H11NOS. The average molecular weight is 193 g/mol. The van der Waals surface area contributed by atoms with Crippen LogP contribution in [0.25, 0.3) is 0 Å². The summed E-state index contributed by atoms with van der Waals surface area (Å²) in [7, 11) is 0. The van der Waals surface area contributed by atoms with E-state index in [9.17, 15) is 4.79 Å². The number of hydrogen-bond donors (Lipinski definition) is 1. The van der Waals surface area contributed by atoms with Gasteiger partial charge < -0.3 is 5.32 Å². The molecule has 1 fully saturated rings. The Morgan fingerprint density at radius 1 is 1.62 bits per heavy atom. The fraction of sp³-hybridized carbons (Fsp3) is 0.300. The van der Waals surface area contributed by atoms with Crippen molar-refractivity contribution < 1.29 is 4.79 Å². The van der Waals surface area contributed by atoms with Crippen LogP contribution in [0.4, 0.5) is 0 Å². The molecule has 0 atom stereocenters. The van der Waals surface area contributed by atoms with E-state index in [1.54, 1.807) is 6.08 Å². The Morgan fingerprint density at radius 3 is 3.15 bits per heavy atom. The van der Waals surface area contributed by atoms with Gasteiger partial charge in [-0.15, -0.1) is 11.3 Å². The van der Waals surface area contributed by atoms with Gasteiger partial charge in [0.1, 0.15) is 0 Å². The monoisotopic (exact) mass is 193 g/mol. The third-order valence-corrected chi connectivity index (χ3v) is 2.93. The first-order valence-electron chi connectivity index (χ1n) is 4.38. The van der Waals surface area contributed by atoms with Crippen molar-refractivity contribution in [2.45, 2.75) is 12.8 Å². The van der Waals surface area contributed by atoms with Crippen LogP contribution in [0.3, 0.4) is 0 Å². The van der Waals surface area contributed by atoms with Crippen molar-refractivity contribution >= 4 is 17.1 Å². The third-order valence-electron chi connectivity index (χ3n) is 2.04. The summed E-state index contributed by atoms with van der Waals surface area (Å²) in [6.07, 6.45) is 3.87. The van der Waals surface area contributed by atoms with E-state index in [0.29, 0.717) is 0 Å². The van der Waals surface area contributed by atoms with Crippen molar-refractivity contribution in [3.05, 3.63) is 34.2 Å². The van der Waals surface area contributed by atoms with Gasteiger partial charge in [0.25, 0.3) is 0 Å². The molecular weight excluding hydrogens is 182 g/mol. The second kappa shape index (κ2) is 3.75. The van der Waals surface area contributed by atoms with Crippen LogP contribution in [0.1, 0.15) is 22.5 Å². The zero-order chi connectivity index (χ0) is 9.10. The molecule has 1 aliphatic heterocycles. The average Bonchev–Trinajstić information content (AvgIpc) is 2.74. The maximum Gasteiger partial charge on any atom is 0.197 e. The van der Waals surface area contributed by atoms with E-state index in [2.05, 4.69) is 5.32 Å². The molecule has 2 nitrogen and oxygen atoms in total. The Labute approximate surface area is 81.3 Å².